The van der Waals surface area contributed by atoms with Crippen molar-refractivity contribution in [1.29, 1.82) is 0 Å². The zero-order valence-corrected chi connectivity index (χ0v) is 72.9. The summed E-state index contributed by atoms with van der Waals surface area (Å²) in [6, 6.07) is 19.3. The van der Waals surface area contributed by atoms with E-state index >= 15 is 0 Å². The Morgan fingerprint density at radius 1 is 0.526 bits per heavy atom. The van der Waals surface area contributed by atoms with Crippen molar-refractivity contribution in [3.05, 3.63) is 203 Å². The summed E-state index contributed by atoms with van der Waals surface area (Å²) >= 11 is 21.0. The monoisotopic (exact) mass is 1850 g/mol. The number of aromatic carboxylic acids is 2. The van der Waals surface area contributed by atoms with Crippen LogP contribution in [0, 0.1) is 62.8 Å². The van der Waals surface area contributed by atoms with E-state index in [2.05, 4.69) is 93.6 Å². The number of carboxylic acid groups (broad SMARTS) is 2. The third-order valence-corrected chi connectivity index (χ3v) is 12.0. The second-order valence-corrected chi connectivity index (χ2v) is 22.6. The first-order valence-corrected chi connectivity index (χ1v) is 34.4. The number of nitrogen functional groups attached to an aromatic ring is 2. The van der Waals surface area contributed by atoms with Crippen molar-refractivity contribution in [1.82, 2.24) is 39.9 Å². The third-order valence-electron chi connectivity index (χ3n) is 7.55. The summed E-state index contributed by atoms with van der Waals surface area (Å²) in [6.45, 7) is 38.2. The molecule has 0 atom stereocenters. The Bertz CT molecular complexity index is 3050. The number of nitrogens with one attached hydrogen (secondary N) is 1. The quantitative estimate of drug-likeness (QED) is 0.0262. The van der Waals surface area contributed by atoms with Crippen LogP contribution < -0.4 is 11.5 Å². The van der Waals surface area contributed by atoms with Crippen molar-refractivity contribution in [3.63, 3.8) is 0 Å². The first kappa shape index (κ1) is 117. The number of aryl methyl sites for hydroxylation is 2. The standard InChI is InChI=1S/C10H14N2OSi.C7H6N2O.C6H5ClIN.C6H4ClNO2.C6H6ClN.C6H5NO2.C5H5IN2O.7C2H6.3HNO2.3Y/c1-14(2,3)7-5-8-9(13)4-6-12-10(8)11;10-6-2-4-9-7-5(6)1-3-8-7;1-4-6(8)5(7)2-3-9-4;7-4-1-2-8-5(3-4)6(9)10;1-5-4-6(7)2-3-8-5;8-6(9)5-3-1-2-4-7-5;6-4-3(9)1-2-8-5(4)7;7*1-2;3*2-1-3;;;/h4,6H,1-3H3,(H3,11,12,13);1-4H,(H2,8,9,10);2-3H,1H3;1-3H,(H,9,10);2-4H,1H3;1-4H,(H,8,9);1-2H,(H3,7,8,9);7*1-2H3;3*(H,2,3);;;/p-3. The molecule has 0 saturated carbocycles. The van der Waals surface area contributed by atoms with Gasteiger partial charge in [-0.1, -0.05) is 163 Å². The Balaban J connectivity index is -0.0000000802. The molecule has 0 spiro atoms. The Hall–Kier alpha value is -4.85. The zero-order valence-electron chi connectivity index (χ0n) is 56.8. The molecule has 8 heterocycles. The normalized spacial score (nSPS) is 7.87. The summed E-state index contributed by atoms with van der Waals surface area (Å²) in [4.78, 5) is 74.0. The molecule has 35 heteroatoms. The predicted octanol–water partition coefficient (Wildman–Crippen LogP) is 18.7. The molecule has 0 aliphatic heterocycles. The molecule has 95 heavy (non-hydrogen) atoms. The fourth-order valence-corrected chi connectivity index (χ4v) is 5.99. The molecule has 0 aromatic carbocycles. The van der Waals surface area contributed by atoms with E-state index in [1.54, 1.807) is 61.2 Å². The number of aromatic amines is 1. The summed E-state index contributed by atoms with van der Waals surface area (Å²) in [5, 5.41) is 74.0. The number of pyridine rings is 7. The number of aromatic hydroxyl groups is 3. The van der Waals surface area contributed by atoms with Gasteiger partial charge in [-0.05, 0) is 126 Å². The minimum atomic E-state index is -1.44. The van der Waals surface area contributed by atoms with Crippen molar-refractivity contribution in [2.24, 2.45) is 16.0 Å². The molecule has 8 aromatic heterocycles. The van der Waals surface area contributed by atoms with Gasteiger partial charge in [-0.2, -0.15) is 0 Å². The second kappa shape index (κ2) is 83.4. The summed E-state index contributed by atoms with van der Waals surface area (Å²) in [6.07, 6.45) is 12.4. The average molecular weight is 1850 g/mol. The van der Waals surface area contributed by atoms with Crippen molar-refractivity contribution in [3.8, 4) is 28.7 Å². The number of carboxylic acids is 2. The fraction of sp³-hybridized carbons (Fsp3) is 0.317. The van der Waals surface area contributed by atoms with Crippen LogP contribution in [-0.4, -0.2) is 85.4 Å². The van der Waals surface area contributed by atoms with Crippen molar-refractivity contribution in [2.45, 2.75) is 130 Å². The Kier molecular flexibility index (Phi) is 103. The molecule has 0 aliphatic carbocycles. The number of nitrogens with two attached hydrogens (primary N) is 2. The molecule has 26 nitrogen and oxygen atoms in total. The number of halogens is 5. The van der Waals surface area contributed by atoms with Gasteiger partial charge in [0.1, 0.15) is 59.6 Å². The van der Waals surface area contributed by atoms with Gasteiger partial charge in [0.2, 0.25) is 0 Å². The molecular weight excluding hydrogens is 1770 g/mol. The van der Waals surface area contributed by atoms with Crippen LogP contribution in [0.3, 0.4) is 0 Å². The number of aromatic nitrogens is 8. The summed E-state index contributed by atoms with van der Waals surface area (Å²) in [7, 11) is -1.44. The van der Waals surface area contributed by atoms with E-state index in [0.29, 0.717) is 20.0 Å². The van der Waals surface area contributed by atoms with Crippen LogP contribution >= 0.6 is 80.0 Å². The van der Waals surface area contributed by atoms with E-state index in [-0.39, 0.29) is 133 Å². The van der Waals surface area contributed by atoms with Crippen molar-refractivity contribution >= 4 is 123 Å². The predicted molar refractivity (Wildman–Crippen MR) is 396 cm³/mol. The topological polar surface area (TPSA) is 451 Å². The minimum Gasteiger partial charge on any atom is -0.507 e. The largest absolute Gasteiger partial charge is 0.507 e. The molecule has 0 aliphatic rings. The van der Waals surface area contributed by atoms with E-state index in [1.165, 1.54) is 55.1 Å². The Morgan fingerprint density at radius 2 is 0.926 bits per heavy atom. The molecular formula is C60H87Cl3I2N13O13SiY3-3. The van der Waals surface area contributed by atoms with Gasteiger partial charge in [-0.25, -0.2) is 34.5 Å². The number of hydrogen-bond donors (Lipinski definition) is 8. The van der Waals surface area contributed by atoms with Gasteiger partial charge in [-0.3, -0.25) is 9.97 Å². The number of carbonyl (C=O) groups is 2. The van der Waals surface area contributed by atoms with Gasteiger partial charge in [-0.15, -0.1) is 21.6 Å². The molecule has 3 radical (unpaired) electrons. The number of H-pyrrole nitrogens is 1. The first-order valence-electron chi connectivity index (χ1n) is 27.6. The van der Waals surface area contributed by atoms with Crippen LogP contribution in [0.2, 0.25) is 34.7 Å². The molecule has 0 fully saturated rings. The molecule has 0 bridgehead atoms. The van der Waals surface area contributed by atoms with Crippen LogP contribution in [0.25, 0.3) is 11.0 Å². The Labute approximate surface area is 677 Å². The molecule has 8 rings (SSSR count). The van der Waals surface area contributed by atoms with Crippen LogP contribution in [0.15, 0.2) is 138 Å². The SMILES string of the molecule is CC.CC.CC.CC.CC.CC.CC.C[Si](C)(C)C#Cc1c(O)ccnc1N.Cc1cc(Cl)ccn1.Cc1nccc(Cl)c1I.Nc1nccc(O)c1I.O=C(O)c1cc(Cl)ccn1.O=C(O)c1ccccn1.O=N[O-].O=N[O-].O=N[O-].Oc1ccnc2[nH]ccc12.[Y].[Y].[Y]. The summed E-state index contributed by atoms with van der Waals surface area (Å²) < 4.78 is 1.65. The third kappa shape index (κ3) is 68.9. The first-order chi connectivity index (χ1) is 43.7. The van der Waals surface area contributed by atoms with Gasteiger partial charge in [0, 0.05) is 163 Å². The van der Waals surface area contributed by atoms with E-state index in [9.17, 15) is 19.8 Å². The molecule has 10 N–H and O–H groups in total. The molecule has 521 valence electrons. The van der Waals surface area contributed by atoms with E-state index in [1.807, 2.05) is 139 Å². The van der Waals surface area contributed by atoms with Gasteiger partial charge in [0.25, 0.3) is 0 Å². The number of rotatable bonds is 2. The van der Waals surface area contributed by atoms with Crippen LogP contribution in [0.1, 0.15) is 135 Å². The van der Waals surface area contributed by atoms with Gasteiger partial charge in [0.15, 0.2) is 0 Å². The Morgan fingerprint density at radius 3 is 1.25 bits per heavy atom. The number of fused-ring (bicyclic) bond motifs is 1. The summed E-state index contributed by atoms with van der Waals surface area (Å²) in [5.41, 5.74) is 17.2. The van der Waals surface area contributed by atoms with Crippen LogP contribution in [-0.2, 0) is 98.1 Å². The van der Waals surface area contributed by atoms with E-state index < -0.39 is 20.0 Å². The number of nitrogens with zero attached hydrogens (tertiary/aromatic N) is 10. The fourth-order valence-electron chi connectivity index (χ4n) is 4.28. The van der Waals surface area contributed by atoms with E-state index in [0.717, 1.165) is 52.1 Å². The number of anilines is 2. The molecule has 0 amide bonds. The maximum atomic E-state index is 10.2. The van der Waals surface area contributed by atoms with E-state index in [4.69, 9.17) is 91.9 Å². The van der Waals surface area contributed by atoms with Crippen LogP contribution in [0.4, 0.5) is 11.6 Å². The maximum absolute atomic E-state index is 10.2. The van der Waals surface area contributed by atoms with Crippen LogP contribution in [0.5, 0.6) is 17.2 Å². The summed E-state index contributed by atoms with van der Waals surface area (Å²) in [5.74, 6) is 2.05. The second-order valence-electron chi connectivity index (χ2n) is 14.4. The average Bonchev–Trinajstić information content (AvgIpc) is 2.36. The van der Waals surface area contributed by atoms with Gasteiger partial charge in [0.05, 0.1) is 23.2 Å². The minimum absolute atomic E-state index is 0. The zero-order chi connectivity index (χ0) is 73.8. The maximum Gasteiger partial charge on any atom is 0.354 e. The molecule has 0 saturated heterocycles. The van der Waals surface area contributed by atoms with Gasteiger partial charge >= 0.3 is 11.9 Å². The molecule has 8 aromatic rings. The smallest absolute Gasteiger partial charge is 0.354 e. The number of hydrogen-bond acceptors (Lipinski definition) is 23. The molecule has 0 unspecified atom stereocenters. The van der Waals surface area contributed by atoms with Crippen molar-refractivity contribution < 1.29 is 133 Å². The van der Waals surface area contributed by atoms with Gasteiger partial charge < -0.3 is 72.3 Å². The van der Waals surface area contributed by atoms with Crippen molar-refractivity contribution in [2.75, 3.05) is 11.5 Å².